The molecule has 0 saturated heterocycles. The van der Waals surface area contributed by atoms with Crippen molar-refractivity contribution in [2.75, 3.05) is 0 Å². The molecule has 0 fully saturated rings. The molecule has 0 unspecified atom stereocenters. The predicted octanol–water partition coefficient (Wildman–Crippen LogP) is 3.69. The summed E-state index contributed by atoms with van der Waals surface area (Å²) in [5.74, 6) is -0.258. The minimum absolute atomic E-state index is 0.258. The van der Waals surface area contributed by atoms with Crippen molar-refractivity contribution < 1.29 is 4.39 Å². The molecule has 0 saturated carbocycles. The Balaban J connectivity index is 3.34. The lowest BCUT2D eigenvalue weighted by atomic mass is 10.3. The Labute approximate surface area is 90.4 Å². The second-order valence-electron chi connectivity index (χ2n) is 1.66. The van der Waals surface area contributed by atoms with Crippen LogP contribution >= 0.6 is 56.8 Å². The van der Waals surface area contributed by atoms with Gasteiger partial charge in [-0.1, -0.05) is 11.6 Å². The molecule has 0 aromatic heterocycles. The lowest BCUT2D eigenvalue weighted by molar-refractivity contribution is 0.620. The summed E-state index contributed by atoms with van der Waals surface area (Å²) in [6.07, 6.45) is 0. The highest BCUT2D eigenvalue weighted by atomic mass is 127. The molecule has 0 aliphatic carbocycles. The summed E-state index contributed by atoms with van der Waals surface area (Å²) in [5.41, 5.74) is 0. The molecule has 0 atom stereocenters. The average Bonchev–Trinajstić information content (AvgIpc) is 1.93. The second kappa shape index (κ2) is 3.53. The van der Waals surface area contributed by atoms with Crippen molar-refractivity contribution in [3.05, 3.63) is 30.1 Å². The zero-order valence-electron chi connectivity index (χ0n) is 4.67. The molecule has 0 bridgehead atoms. The first kappa shape index (κ1) is 8.99. The summed E-state index contributed by atoms with van der Waals surface area (Å²) < 4.78 is 14.0. The number of rotatable bonds is 0. The van der Waals surface area contributed by atoms with Crippen molar-refractivity contribution in [1.82, 2.24) is 0 Å². The van der Waals surface area contributed by atoms with Gasteiger partial charge in [0, 0.05) is 3.57 Å². The van der Waals surface area contributed by atoms with Gasteiger partial charge in [-0.3, -0.25) is 0 Å². The fraction of sp³-hybridized carbons (Fsp3) is 0. The van der Waals surface area contributed by atoms with Crippen LogP contribution in [0.1, 0.15) is 0 Å². The second-order valence-corrected chi connectivity index (χ2v) is 4.28. The van der Waals surface area contributed by atoms with Crippen molar-refractivity contribution >= 4 is 56.8 Å². The third kappa shape index (κ3) is 1.73. The molecule has 0 N–H and O–H groups in total. The maximum absolute atomic E-state index is 12.7. The van der Waals surface area contributed by atoms with E-state index in [1.807, 2.05) is 22.6 Å². The summed E-state index contributed by atoms with van der Waals surface area (Å²) >= 11 is 9.67. The van der Waals surface area contributed by atoms with Crippen LogP contribution in [0.15, 0.2) is 12.1 Å². The van der Waals surface area contributed by atoms with Crippen LogP contribution in [0.3, 0.4) is 0 Å². The van der Waals surface area contributed by atoms with E-state index < -0.39 is 0 Å². The van der Waals surface area contributed by atoms with E-state index in [9.17, 15) is 4.39 Å². The molecule has 0 spiro atoms. The van der Waals surface area contributed by atoms with Gasteiger partial charge in [0.05, 0.1) is 8.59 Å². The van der Waals surface area contributed by atoms with Crippen LogP contribution < -0.4 is 0 Å². The number of halogens is 4. The first-order valence-electron chi connectivity index (χ1n) is 2.42. The van der Waals surface area contributed by atoms with Crippen LogP contribution in [0.4, 0.5) is 4.39 Å². The first-order valence-corrected chi connectivity index (χ1v) is 4.95. The van der Waals surface area contributed by atoms with Crippen molar-refractivity contribution in [2.45, 2.75) is 0 Å². The minimum Gasteiger partial charge on any atom is -0.206 e. The molecule has 1 aromatic rings. The van der Waals surface area contributed by atoms with Gasteiger partial charge in [0.2, 0.25) is 0 Å². The monoisotopic (exact) mass is 382 g/mol. The molecule has 0 amide bonds. The quantitative estimate of drug-likeness (QED) is 0.365. The summed E-state index contributed by atoms with van der Waals surface area (Å²) in [6.45, 7) is 0. The Morgan fingerprint density at radius 2 is 1.90 bits per heavy atom. The Morgan fingerprint density at radius 3 is 2.40 bits per heavy atom. The molecule has 0 aliphatic rings. The highest BCUT2D eigenvalue weighted by Crippen LogP contribution is 2.26. The van der Waals surface area contributed by atoms with Crippen LogP contribution in [-0.2, 0) is 0 Å². The van der Waals surface area contributed by atoms with Crippen LogP contribution in [-0.4, -0.2) is 0 Å². The van der Waals surface area contributed by atoms with Gasteiger partial charge in [-0.15, -0.1) is 0 Å². The van der Waals surface area contributed by atoms with E-state index in [-0.39, 0.29) is 5.82 Å². The third-order valence-electron chi connectivity index (χ3n) is 0.988. The van der Waals surface area contributed by atoms with E-state index in [1.54, 1.807) is 6.07 Å². The fourth-order valence-corrected chi connectivity index (χ4v) is 2.09. The largest absolute Gasteiger partial charge is 0.206 e. The summed E-state index contributed by atoms with van der Waals surface area (Å²) in [6, 6.07) is 3.07. The Bertz CT molecular complexity index is 235. The van der Waals surface area contributed by atoms with Gasteiger partial charge >= 0.3 is 0 Å². The topological polar surface area (TPSA) is 0 Å². The highest BCUT2D eigenvalue weighted by Gasteiger charge is 2.05. The normalized spacial score (nSPS) is 10.0. The smallest absolute Gasteiger partial charge is 0.138 e. The molecule has 0 radical (unpaired) electrons. The lowest BCUT2D eigenvalue weighted by Gasteiger charge is -1.98. The maximum Gasteiger partial charge on any atom is 0.138 e. The van der Waals surface area contributed by atoms with Crippen LogP contribution in [0.25, 0.3) is 0 Å². The lowest BCUT2D eigenvalue weighted by Crippen LogP contribution is -1.84. The number of benzene rings is 1. The summed E-state index contributed by atoms with van der Waals surface area (Å²) in [5, 5.41) is 0.501. The highest BCUT2D eigenvalue weighted by molar-refractivity contribution is 14.1. The van der Waals surface area contributed by atoms with Crippen molar-refractivity contribution in [3.8, 4) is 0 Å². The van der Waals surface area contributed by atoms with Gasteiger partial charge in [-0.25, -0.2) is 4.39 Å². The van der Waals surface area contributed by atoms with Crippen LogP contribution in [0.5, 0.6) is 0 Å². The minimum atomic E-state index is -0.258. The predicted molar refractivity (Wildman–Crippen MR) is 56.8 cm³/mol. The molecule has 0 nitrogen and oxygen atoms in total. The Morgan fingerprint density at radius 1 is 1.30 bits per heavy atom. The molecule has 10 heavy (non-hydrogen) atoms. The van der Waals surface area contributed by atoms with Gasteiger partial charge in [-0.05, 0) is 57.3 Å². The number of hydrogen-bond donors (Lipinski definition) is 0. The Kier molecular flexibility index (Phi) is 3.18. The molecule has 1 aromatic carbocycles. The Hall–Kier alpha value is 0.900. The molecular formula is C6H2ClFI2. The van der Waals surface area contributed by atoms with Crippen molar-refractivity contribution in [2.24, 2.45) is 0 Å². The molecule has 0 heterocycles. The van der Waals surface area contributed by atoms with Gasteiger partial charge in [0.1, 0.15) is 5.82 Å². The third-order valence-corrected chi connectivity index (χ3v) is 3.97. The van der Waals surface area contributed by atoms with Gasteiger partial charge in [0.15, 0.2) is 0 Å². The van der Waals surface area contributed by atoms with Gasteiger partial charge in [-0.2, -0.15) is 0 Å². The zero-order chi connectivity index (χ0) is 7.72. The molecule has 1 rings (SSSR count). The van der Waals surface area contributed by atoms with Crippen molar-refractivity contribution in [1.29, 1.82) is 0 Å². The van der Waals surface area contributed by atoms with Crippen molar-refractivity contribution in [3.63, 3.8) is 0 Å². The zero-order valence-corrected chi connectivity index (χ0v) is 9.74. The van der Waals surface area contributed by atoms with E-state index in [4.69, 9.17) is 11.6 Å². The van der Waals surface area contributed by atoms with Crippen LogP contribution in [0.2, 0.25) is 5.02 Å². The van der Waals surface area contributed by atoms with E-state index in [0.29, 0.717) is 8.59 Å². The first-order chi connectivity index (χ1) is 4.63. The summed E-state index contributed by atoms with van der Waals surface area (Å²) in [7, 11) is 0. The molecule has 0 aliphatic heterocycles. The number of hydrogen-bond acceptors (Lipinski definition) is 0. The van der Waals surface area contributed by atoms with Crippen LogP contribution in [0, 0.1) is 13.0 Å². The van der Waals surface area contributed by atoms with Gasteiger partial charge < -0.3 is 0 Å². The van der Waals surface area contributed by atoms with E-state index >= 15 is 0 Å². The molecule has 54 valence electrons. The van der Waals surface area contributed by atoms with E-state index in [1.165, 1.54) is 6.07 Å². The maximum atomic E-state index is 12.7. The average molecular weight is 382 g/mol. The SMILES string of the molecule is Fc1ccc(I)c(Cl)c1I. The van der Waals surface area contributed by atoms with E-state index in [0.717, 1.165) is 3.57 Å². The van der Waals surface area contributed by atoms with E-state index in [2.05, 4.69) is 22.6 Å². The van der Waals surface area contributed by atoms with Gasteiger partial charge in [0.25, 0.3) is 0 Å². The fourth-order valence-electron chi connectivity index (χ4n) is 0.502. The molecule has 4 heteroatoms. The molecular weight excluding hydrogens is 380 g/mol. The standard InChI is InChI=1S/C6H2ClFI2/c7-5-4(9)2-1-3(8)6(5)10/h1-2H. The summed E-state index contributed by atoms with van der Waals surface area (Å²) in [4.78, 5) is 0.